The maximum absolute atomic E-state index is 13.4. The van der Waals surface area contributed by atoms with Crippen LogP contribution in [0.25, 0.3) is 0 Å². The van der Waals surface area contributed by atoms with Crippen molar-refractivity contribution in [3.8, 4) is 0 Å². The molecule has 1 saturated carbocycles. The summed E-state index contributed by atoms with van der Waals surface area (Å²) < 4.78 is 14.1. The number of nitrogens with one attached hydrogen (secondary N) is 1. The summed E-state index contributed by atoms with van der Waals surface area (Å²) >= 11 is 3.18. The molecule has 1 fully saturated rings. The zero-order valence-corrected chi connectivity index (χ0v) is 10.4. The highest BCUT2D eigenvalue weighted by Crippen LogP contribution is 2.18. The van der Waals surface area contributed by atoms with Crippen LogP contribution in [0.4, 0.5) is 4.39 Å². The second-order valence-corrected chi connectivity index (χ2v) is 5.02. The standard InChI is InChI=1S/C12H13BrFNO/c13-9-2-1-8(12(14)6-9)5-11(16)7-15-10-3-4-10/h1-2,6,10,15H,3-5,7H2. The fourth-order valence-corrected chi connectivity index (χ4v) is 1.82. The lowest BCUT2D eigenvalue weighted by Gasteiger charge is -2.04. The first-order chi connectivity index (χ1) is 7.65. The van der Waals surface area contributed by atoms with Gasteiger partial charge in [0.1, 0.15) is 5.82 Å². The Balaban J connectivity index is 1.89. The number of benzene rings is 1. The molecule has 0 aromatic heterocycles. The molecule has 4 heteroatoms. The molecule has 1 aromatic rings. The smallest absolute Gasteiger partial charge is 0.151 e. The first kappa shape index (κ1) is 11.7. The van der Waals surface area contributed by atoms with E-state index in [1.54, 1.807) is 12.1 Å². The quantitative estimate of drug-likeness (QED) is 0.901. The number of hydrogen-bond acceptors (Lipinski definition) is 2. The van der Waals surface area contributed by atoms with Crippen molar-refractivity contribution in [3.05, 3.63) is 34.1 Å². The van der Waals surface area contributed by atoms with Gasteiger partial charge in [-0.3, -0.25) is 4.79 Å². The molecule has 0 bridgehead atoms. The van der Waals surface area contributed by atoms with Gasteiger partial charge in [0.15, 0.2) is 5.78 Å². The molecule has 0 radical (unpaired) electrons. The van der Waals surface area contributed by atoms with Gasteiger partial charge < -0.3 is 5.32 Å². The second-order valence-electron chi connectivity index (χ2n) is 4.11. The van der Waals surface area contributed by atoms with Gasteiger partial charge in [-0.05, 0) is 30.5 Å². The van der Waals surface area contributed by atoms with E-state index in [-0.39, 0.29) is 18.0 Å². The topological polar surface area (TPSA) is 29.1 Å². The Kier molecular flexibility index (Phi) is 3.71. The van der Waals surface area contributed by atoms with Crippen molar-refractivity contribution >= 4 is 21.7 Å². The third kappa shape index (κ3) is 3.39. The molecule has 16 heavy (non-hydrogen) atoms. The molecule has 1 N–H and O–H groups in total. The summed E-state index contributed by atoms with van der Waals surface area (Å²) in [5, 5.41) is 3.13. The number of halogens is 2. The summed E-state index contributed by atoms with van der Waals surface area (Å²) in [5.74, 6) is -0.290. The van der Waals surface area contributed by atoms with Crippen molar-refractivity contribution < 1.29 is 9.18 Å². The molecule has 1 aliphatic rings. The molecule has 2 nitrogen and oxygen atoms in total. The van der Waals surface area contributed by atoms with Crippen molar-refractivity contribution in [1.29, 1.82) is 0 Å². The molecule has 1 aliphatic carbocycles. The number of carbonyl (C=O) groups excluding carboxylic acids is 1. The molecular weight excluding hydrogens is 273 g/mol. The Morgan fingerprint density at radius 1 is 1.50 bits per heavy atom. The number of ketones is 1. The summed E-state index contributed by atoms with van der Waals surface area (Å²) in [4.78, 5) is 11.5. The van der Waals surface area contributed by atoms with Crippen LogP contribution in [0, 0.1) is 5.82 Å². The van der Waals surface area contributed by atoms with Crippen LogP contribution in [-0.4, -0.2) is 18.4 Å². The van der Waals surface area contributed by atoms with Gasteiger partial charge in [0.25, 0.3) is 0 Å². The van der Waals surface area contributed by atoms with Crippen LogP contribution in [0.2, 0.25) is 0 Å². The van der Waals surface area contributed by atoms with Crippen LogP contribution in [0.3, 0.4) is 0 Å². The summed E-state index contributed by atoms with van der Waals surface area (Å²) in [7, 11) is 0. The molecule has 0 spiro atoms. The monoisotopic (exact) mass is 285 g/mol. The summed E-state index contributed by atoms with van der Waals surface area (Å²) in [5.41, 5.74) is 0.464. The first-order valence-electron chi connectivity index (χ1n) is 5.34. The zero-order chi connectivity index (χ0) is 11.5. The average Bonchev–Trinajstić information content (AvgIpc) is 3.03. The van der Waals surface area contributed by atoms with Crippen molar-refractivity contribution in [3.63, 3.8) is 0 Å². The fraction of sp³-hybridized carbons (Fsp3) is 0.417. The largest absolute Gasteiger partial charge is 0.307 e. The predicted octanol–water partition coefficient (Wildman–Crippen LogP) is 2.45. The molecule has 0 heterocycles. The zero-order valence-electron chi connectivity index (χ0n) is 8.80. The molecule has 0 amide bonds. The highest BCUT2D eigenvalue weighted by Gasteiger charge is 2.21. The second kappa shape index (κ2) is 5.06. The molecule has 0 aliphatic heterocycles. The number of hydrogen-bond donors (Lipinski definition) is 1. The highest BCUT2D eigenvalue weighted by atomic mass is 79.9. The minimum Gasteiger partial charge on any atom is -0.307 e. The normalized spacial score (nSPS) is 15.1. The van der Waals surface area contributed by atoms with Crippen LogP contribution >= 0.6 is 15.9 Å². The van der Waals surface area contributed by atoms with Crippen LogP contribution < -0.4 is 5.32 Å². The number of Topliss-reactive ketones (excluding diaryl/α,β-unsaturated/α-hetero) is 1. The van der Waals surface area contributed by atoms with Gasteiger partial charge in [0.05, 0.1) is 6.54 Å². The summed E-state index contributed by atoms with van der Waals surface area (Å²) in [6.07, 6.45) is 2.47. The molecule has 0 atom stereocenters. The lowest BCUT2D eigenvalue weighted by atomic mass is 10.1. The Morgan fingerprint density at radius 2 is 2.25 bits per heavy atom. The van der Waals surface area contributed by atoms with Crippen LogP contribution in [0.15, 0.2) is 22.7 Å². The van der Waals surface area contributed by atoms with Crippen LogP contribution in [-0.2, 0) is 11.2 Å². The van der Waals surface area contributed by atoms with Crippen LogP contribution in [0.1, 0.15) is 18.4 Å². The van der Waals surface area contributed by atoms with Gasteiger partial charge in [-0.15, -0.1) is 0 Å². The summed E-state index contributed by atoms with van der Waals surface area (Å²) in [6.45, 7) is 0.347. The average molecular weight is 286 g/mol. The lowest BCUT2D eigenvalue weighted by molar-refractivity contribution is -0.117. The van der Waals surface area contributed by atoms with E-state index in [4.69, 9.17) is 0 Å². The lowest BCUT2D eigenvalue weighted by Crippen LogP contribution is -2.26. The minimum atomic E-state index is -0.325. The molecule has 2 rings (SSSR count). The Bertz CT molecular complexity index is 404. The van der Waals surface area contributed by atoms with Gasteiger partial charge in [-0.2, -0.15) is 0 Å². The Hall–Kier alpha value is -0.740. The van der Waals surface area contributed by atoms with Crippen LogP contribution in [0.5, 0.6) is 0 Å². The van der Waals surface area contributed by atoms with Crippen molar-refractivity contribution in [2.75, 3.05) is 6.54 Å². The van der Waals surface area contributed by atoms with E-state index in [1.807, 2.05) is 0 Å². The van der Waals surface area contributed by atoms with E-state index in [0.29, 0.717) is 22.6 Å². The first-order valence-corrected chi connectivity index (χ1v) is 6.13. The van der Waals surface area contributed by atoms with Gasteiger partial charge >= 0.3 is 0 Å². The summed E-state index contributed by atoms with van der Waals surface area (Å²) in [6, 6.07) is 5.30. The van der Waals surface area contributed by atoms with Gasteiger partial charge in [-0.1, -0.05) is 22.0 Å². The third-order valence-corrected chi connectivity index (χ3v) is 3.06. The van der Waals surface area contributed by atoms with Gasteiger partial charge in [0, 0.05) is 16.9 Å². The van der Waals surface area contributed by atoms with Crippen molar-refractivity contribution in [2.45, 2.75) is 25.3 Å². The minimum absolute atomic E-state index is 0.0353. The molecule has 0 saturated heterocycles. The van der Waals surface area contributed by atoms with E-state index in [9.17, 15) is 9.18 Å². The maximum atomic E-state index is 13.4. The van der Waals surface area contributed by atoms with E-state index < -0.39 is 0 Å². The third-order valence-electron chi connectivity index (χ3n) is 2.57. The van der Waals surface area contributed by atoms with Gasteiger partial charge in [-0.25, -0.2) is 4.39 Å². The number of rotatable bonds is 5. The van der Waals surface area contributed by atoms with Crippen molar-refractivity contribution in [1.82, 2.24) is 5.32 Å². The van der Waals surface area contributed by atoms with Gasteiger partial charge in [0.2, 0.25) is 0 Å². The molecular formula is C12H13BrFNO. The molecule has 0 unspecified atom stereocenters. The SMILES string of the molecule is O=C(CNC1CC1)Cc1ccc(Br)cc1F. The van der Waals surface area contributed by atoms with Crippen molar-refractivity contribution in [2.24, 2.45) is 0 Å². The van der Waals surface area contributed by atoms with E-state index in [2.05, 4.69) is 21.2 Å². The van der Waals surface area contributed by atoms with E-state index >= 15 is 0 Å². The molecule has 86 valence electrons. The predicted molar refractivity (Wildman–Crippen MR) is 63.8 cm³/mol. The van der Waals surface area contributed by atoms with E-state index in [0.717, 1.165) is 12.8 Å². The highest BCUT2D eigenvalue weighted by molar-refractivity contribution is 9.10. The number of carbonyl (C=O) groups is 1. The fourth-order valence-electron chi connectivity index (χ4n) is 1.49. The Morgan fingerprint density at radius 3 is 2.88 bits per heavy atom. The Labute approximate surface area is 102 Å². The molecule has 1 aromatic carbocycles. The maximum Gasteiger partial charge on any atom is 0.151 e. The van der Waals surface area contributed by atoms with E-state index in [1.165, 1.54) is 6.07 Å².